The second-order valence-electron chi connectivity index (χ2n) is 7.42. The quantitative estimate of drug-likeness (QED) is 0.451. The summed E-state index contributed by atoms with van der Waals surface area (Å²) in [6.07, 6.45) is 0.805. The Bertz CT molecular complexity index is 1290. The van der Waals surface area contributed by atoms with Crippen molar-refractivity contribution in [3.63, 3.8) is 0 Å². The molecule has 0 saturated carbocycles. The molecule has 0 spiro atoms. The highest BCUT2D eigenvalue weighted by Crippen LogP contribution is 2.40. The number of aromatic nitrogens is 2. The molecule has 158 valence electrons. The smallest absolute Gasteiger partial charge is 0.353 e. The van der Waals surface area contributed by atoms with E-state index in [2.05, 4.69) is 4.98 Å². The van der Waals surface area contributed by atoms with E-state index in [1.807, 2.05) is 44.2 Å². The summed E-state index contributed by atoms with van der Waals surface area (Å²) < 4.78 is 21.6. The largest absolute Gasteiger partial charge is 0.481 e. The monoisotopic (exact) mass is 418 g/mol. The maximum Gasteiger partial charge on any atom is 0.353 e. The summed E-state index contributed by atoms with van der Waals surface area (Å²) in [6, 6.07) is 15.9. The number of hydrogen-bond acceptors (Lipinski definition) is 3. The van der Waals surface area contributed by atoms with E-state index >= 15 is 0 Å². The lowest BCUT2D eigenvalue weighted by Crippen LogP contribution is -2.11. The molecule has 2 aromatic heterocycles. The topological polar surface area (TPSA) is 64.3 Å². The summed E-state index contributed by atoms with van der Waals surface area (Å²) >= 11 is 0. The maximum atomic E-state index is 14.4. The van der Waals surface area contributed by atoms with Gasteiger partial charge in [-0.3, -0.25) is 0 Å². The van der Waals surface area contributed by atoms with E-state index in [1.165, 1.54) is 13.2 Å². The Balaban J connectivity index is 2.09. The molecule has 4 aromatic rings. The molecule has 6 heteroatoms. The van der Waals surface area contributed by atoms with Crippen molar-refractivity contribution in [3.8, 4) is 17.0 Å². The molecule has 2 heterocycles. The maximum absolute atomic E-state index is 14.4. The van der Waals surface area contributed by atoms with Crippen LogP contribution in [-0.4, -0.2) is 27.7 Å². The number of carboxylic acid groups (broad SMARTS) is 1. The van der Waals surface area contributed by atoms with Crippen LogP contribution in [0.1, 0.15) is 34.2 Å². The number of methoxy groups -OCH3 is 1. The summed E-state index contributed by atoms with van der Waals surface area (Å²) in [6.45, 7) is 3.99. The van der Waals surface area contributed by atoms with Gasteiger partial charge in [-0.15, -0.1) is 0 Å². The highest BCUT2D eigenvalue weighted by atomic mass is 19.1. The van der Waals surface area contributed by atoms with E-state index in [0.29, 0.717) is 22.6 Å². The first-order valence-corrected chi connectivity index (χ1v) is 10.1. The predicted octanol–water partition coefficient (Wildman–Crippen LogP) is 5.47. The number of benzene rings is 2. The van der Waals surface area contributed by atoms with Gasteiger partial charge in [-0.2, -0.15) is 0 Å². The van der Waals surface area contributed by atoms with Crippen LogP contribution in [-0.2, 0) is 13.0 Å². The van der Waals surface area contributed by atoms with E-state index in [1.54, 1.807) is 22.8 Å². The fourth-order valence-corrected chi connectivity index (χ4v) is 3.96. The normalized spacial score (nSPS) is 11.1. The minimum Gasteiger partial charge on any atom is -0.481 e. The number of ether oxygens (including phenoxy) is 1. The van der Waals surface area contributed by atoms with Crippen LogP contribution in [0.3, 0.4) is 0 Å². The highest BCUT2D eigenvalue weighted by Gasteiger charge is 2.26. The molecule has 1 N–H and O–H groups in total. The van der Waals surface area contributed by atoms with E-state index in [-0.39, 0.29) is 18.1 Å². The summed E-state index contributed by atoms with van der Waals surface area (Å²) in [5, 5.41) is 11.0. The molecule has 0 fully saturated rings. The molecular weight excluding hydrogens is 395 g/mol. The first-order chi connectivity index (χ1) is 14.9. The Kier molecular flexibility index (Phi) is 5.46. The summed E-state index contributed by atoms with van der Waals surface area (Å²) in [5.41, 5.74) is 4.18. The van der Waals surface area contributed by atoms with Gasteiger partial charge in [-0.05, 0) is 49.2 Å². The lowest BCUT2D eigenvalue weighted by Gasteiger charge is -2.11. The highest BCUT2D eigenvalue weighted by molar-refractivity contribution is 6.09. The summed E-state index contributed by atoms with van der Waals surface area (Å²) in [7, 11) is 1.52. The van der Waals surface area contributed by atoms with Gasteiger partial charge in [0.25, 0.3) is 0 Å². The first-order valence-electron chi connectivity index (χ1n) is 10.1. The lowest BCUT2D eigenvalue weighted by molar-refractivity contribution is 0.0687. The average Bonchev–Trinajstić information content (AvgIpc) is 3.08. The third-order valence-corrected chi connectivity index (χ3v) is 5.49. The number of halogens is 1. The molecule has 0 aliphatic heterocycles. The minimum absolute atomic E-state index is 0.0791. The van der Waals surface area contributed by atoms with Gasteiger partial charge in [0, 0.05) is 33.3 Å². The van der Waals surface area contributed by atoms with Crippen molar-refractivity contribution in [2.24, 2.45) is 0 Å². The fourth-order valence-electron chi connectivity index (χ4n) is 3.96. The standard InChI is InChI=1S/C25H23FN2O3/c1-4-16-10-12-21-19(13-16)22(18-11-9-15(2)27-24(18)31-3)23(25(29)30)28(21)14-17-7-5-6-8-20(17)26/h5-13H,4,14H2,1-3H3,(H,29,30). The van der Waals surface area contributed by atoms with Crippen LogP contribution < -0.4 is 4.74 Å². The molecule has 0 aliphatic carbocycles. The minimum atomic E-state index is -1.09. The van der Waals surface area contributed by atoms with Crippen molar-refractivity contribution < 1.29 is 19.0 Å². The molecule has 0 bridgehead atoms. The van der Waals surface area contributed by atoms with Gasteiger partial charge >= 0.3 is 5.97 Å². The van der Waals surface area contributed by atoms with E-state index in [4.69, 9.17) is 4.74 Å². The third kappa shape index (κ3) is 3.65. The molecule has 0 aliphatic rings. The van der Waals surface area contributed by atoms with Crippen molar-refractivity contribution >= 4 is 16.9 Å². The van der Waals surface area contributed by atoms with Crippen LogP contribution in [0.4, 0.5) is 4.39 Å². The van der Waals surface area contributed by atoms with Crippen LogP contribution in [0.15, 0.2) is 54.6 Å². The number of pyridine rings is 1. The van der Waals surface area contributed by atoms with Crippen molar-refractivity contribution in [1.29, 1.82) is 0 Å². The Labute approximate surface area is 179 Å². The number of hydrogen-bond donors (Lipinski definition) is 1. The molecule has 4 rings (SSSR count). The SMILES string of the molecule is CCc1ccc2c(c1)c(-c1ccc(C)nc1OC)c(C(=O)O)n2Cc1ccccc1F. The third-order valence-electron chi connectivity index (χ3n) is 5.49. The van der Waals surface area contributed by atoms with Crippen LogP contribution in [0.25, 0.3) is 22.0 Å². The second kappa shape index (κ2) is 8.22. The zero-order valence-corrected chi connectivity index (χ0v) is 17.6. The predicted molar refractivity (Wildman–Crippen MR) is 118 cm³/mol. The Morgan fingerprint density at radius 3 is 2.61 bits per heavy atom. The number of nitrogens with zero attached hydrogens (tertiary/aromatic N) is 2. The Morgan fingerprint density at radius 1 is 1.16 bits per heavy atom. The Morgan fingerprint density at radius 2 is 1.94 bits per heavy atom. The summed E-state index contributed by atoms with van der Waals surface area (Å²) in [4.78, 5) is 16.9. The number of fused-ring (bicyclic) bond motifs is 1. The molecule has 31 heavy (non-hydrogen) atoms. The van der Waals surface area contributed by atoms with Gasteiger partial charge < -0.3 is 14.4 Å². The van der Waals surface area contributed by atoms with E-state index in [9.17, 15) is 14.3 Å². The number of aromatic carboxylic acids is 1. The second-order valence-corrected chi connectivity index (χ2v) is 7.42. The van der Waals surface area contributed by atoms with Gasteiger partial charge in [0.15, 0.2) is 0 Å². The van der Waals surface area contributed by atoms with Gasteiger partial charge in [0.1, 0.15) is 11.5 Å². The van der Waals surface area contributed by atoms with E-state index < -0.39 is 5.97 Å². The number of carboxylic acids is 1. The summed E-state index contributed by atoms with van der Waals surface area (Å²) in [5.74, 6) is -1.11. The molecule has 0 radical (unpaired) electrons. The Hall–Kier alpha value is -3.67. The zero-order chi connectivity index (χ0) is 22.1. The molecule has 5 nitrogen and oxygen atoms in total. The fraction of sp³-hybridized carbons (Fsp3) is 0.200. The molecule has 0 atom stereocenters. The van der Waals surface area contributed by atoms with Gasteiger partial charge in [-0.1, -0.05) is 31.2 Å². The molecule has 0 saturated heterocycles. The van der Waals surface area contributed by atoms with Crippen molar-refractivity contribution in [2.45, 2.75) is 26.8 Å². The van der Waals surface area contributed by atoms with Gasteiger partial charge in [0.05, 0.1) is 13.7 Å². The van der Waals surface area contributed by atoms with Crippen molar-refractivity contribution in [1.82, 2.24) is 9.55 Å². The molecular formula is C25H23FN2O3. The molecule has 0 amide bonds. The zero-order valence-electron chi connectivity index (χ0n) is 17.6. The van der Waals surface area contributed by atoms with Gasteiger partial charge in [0.2, 0.25) is 5.88 Å². The van der Waals surface area contributed by atoms with E-state index in [0.717, 1.165) is 28.6 Å². The number of rotatable bonds is 6. The molecule has 2 aromatic carbocycles. The van der Waals surface area contributed by atoms with Crippen molar-refractivity contribution in [2.75, 3.05) is 7.11 Å². The number of carbonyl (C=O) groups is 1. The number of aryl methyl sites for hydroxylation is 2. The molecule has 0 unspecified atom stereocenters. The average molecular weight is 418 g/mol. The first kappa shape index (κ1) is 20.6. The van der Waals surface area contributed by atoms with Crippen LogP contribution in [0, 0.1) is 12.7 Å². The van der Waals surface area contributed by atoms with Crippen LogP contribution >= 0.6 is 0 Å². The van der Waals surface area contributed by atoms with Gasteiger partial charge in [-0.25, -0.2) is 14.2 Å². The van der Waals surface area contributed by atoms with Crippen LogP contribution in [0.5, 0.6) is 5.88 Å². The van der Waals surface area contributed by atoms with Crippen molar-refractivity contribution in [3.05, 3.63) is 82.9 Å². The lowest BCUT2D eigenvalue weighted by atomic mass is 10.0. The van der Waals surface area contributed by atoms with Crippen LogP contribution in [0.2, 0.25) is 0 Å².